The van der Waals surface area contributed by atoms with Crippen LogP contribution in [0.3, 0.4) is 0 Å². The van der Waals surface area contributed by atoms with Gasteiger partial charge in [-0.25, -0.2) is 4.79 Å². The van der Waals surface area contributed by atoms with Crippen LogP contribution in [0.5, 0.6) is 0 Å². The smallest absolute Gasteiger partial charge is 0.338 e. The molecule has 0 atom stereocenters. The van der Waals surface area contributed by atoms with Crippen molar-refractivity contribution in [1.82, 2.24) is 15.1 Å². The summed E-state index contributed by atoms with van der Waals surface area (Å²) in [5, 5.41) is 2.70. The van der Waals surface area contributed by atoms with Gasteiger partial charge in [-0.15, -0.1) is 0 Å². The number of carbonyl (C=O) groups excluding carboxylic acids is 3. The summed E-state index contributed by atoms with van der Waals surface area (Å²) in [4.78, 5) is 39.4. The van der Waals surface area contributed by atoms with Crippen LogP contribution in [-0.2, 0) is 11.0 Å². The molecule has 0 aliphatic carbocycles. The SMILES string of the molecule is CCN1C(=O)NC2(CCN(C(=O)c3cccc(C(F)(F)F)c3)CC2)C1=O. The average molecular weight is 369 g/mol. The van der Waals surface area contributed by atoms with Crippen molar-refractivity contribution in [2.75, 3.05) is 19.6 Å². The second-order valence-corrected chi connectivity index (χ2v) is 6.43. The largest absolute Gasteiger partial charge is 0.416 e. The number of hydrogen-bond donors (Lipinski definition) is 1. The van der Waals surface area contributed by atoms with Gasteiger partial charge in [-0.3, -0.25) is 14.5 Å². The van der Waals surface area contributed by atoms with E-state index in [0.717, 1.165) is 17.0 Å². The maximum atomic E-state index is 12.8. The number of likely N-dealkylation sites (N-methyl/N-ethyl adjacent to an activating group) is 1. The lowest BCUT2D eigenvalue weighted by atomic mass is 9.87. The van der Waals surface area contributed by atoms with E-state index in [1.54, 1.807) is 6.92 Å². The van der Waals surface area contributed by atoms with Crippen molar-refractivity contribution in [3.8, 4) is 0 Å². The highest BCUT2D eigenvalue weighted by Crippen LogP contribution is 2.32. The van der Waals surface area contributed by atoms with Gasteiger partial charge < -0.3 is 10.2 Å². The van der Waals surface area contributed by atoms with Gasteiger partial charge in [-0.1, -0.05) is 6.07 Å². The lowest BCUT2D eigenvalue weighted by molar-refractivity contribution is -0.137. The van der Waals surface area contributed by atoms with E-state index in [9.17, 15) is 27.6 Å². The van der Waals surface area contributed by atoms with Crippen molar-refractivity contribution >= 4 is 17.8 Å². The number of likely N-dealkylation sites (tertiary alicyclic amines) is 1. The number of rotatable bonds is 2. The van der Waals surface area contributed by atoms with Crippen molar-refractivity contribution in [3.63, 3.8) is 0 Å². The second-order valence-electron chi connectivity index (χ2n) is 6.43. The number of alkyl halides is 3. The minimum atomic E-state index is -4.52. The Balaban J connectivity index is 1.72. The molecule has 1 aromatic carbocycles. The van der Waals surface area contributed by atoms with E-state index in [2.05, 4.69) is 5.32 Å². The molecule has 6 nitrogen and oxygen atoms in total. The summed E-state index contributed by atoms with van der Waals surface area (Å²) < 4.78 is 38.4. The third-order valence-electron chi connectivity index (χ3n) is 4.90. The van der Waals surface area contributed by atoms with Crippen LogP contribution in [0, 0.1) is 0 Å². The number of urea groups is 1. The van der Waals surface area contributed by atoms with Crippen molar-refractivity contribution in [2.45, 2.75) is 31.5 Å². The fourth-order valence-electron chi connectivity index (χ4n) is 3.40. The third kappa shape index (κ3) is 3.02. The highest BCUT2D eigenvalue weighted by molar-refractivity contribution is 6.07. The van der Waals surface area contributed by atoms with E-state index < -0.39 is 29.2 Å². The molecule has 1 N–H and O–H groups in total. The number of nitrogens with one attached hydrogen (secondary N) is 1. The Morgan fingerprint density at radius 1 is 1.23 bits per heavy atom. The Bertz CT molecular complexity index is 755. The molecule has 1 spiro atoms. The van der Waals surface area contributed by atoms with E-state index >= 15 is 0 Å². The number of benzene rings is 1. The summed E-state index contributed by atoms with van der Waals surface area (Å²) in [5.41, 5.74) is -1.95. The molecule has 0 saturated carbocycles. The molecule has 0 radical (unpaired) electrons. The van der Waals surface area contributed by atoms with Crippen LogP contribution in [0.15, 0.2) is 24.3 Å². The van der Waals surface area contributed by atoms with Crippen molar-refractivity contribution in [1.29, 1.82) is 0 Å². The molecule has 2 aliphatic rings. The van der Waals surface area contributed by atoms with Gasteiger partial charge in [0.2, 0.25) is 0 Å². The van der Waals surface area contributed by atoms with Crippen LogP contribution in [-0.4, -0.2) is 52.8 Å². The highest BCUT2D eigenvalue weighted by atomic mass is 19.4. The van der Waals surface area contributed by atoms with Gasteiger partial charge in [0, 0.05) is 25.2 Å². The monoisotopic (exact) mass is 369 g/mol. The molecule has 2 fully saturated rings. The molecule has 140 valence electrons. The summed E-state index contributed by atoms with van der Waals surface area (Å²) in [6.07, 6.45) is -4.05. The minimum Gasteiger partial charge on any atom is -0.338 e. The van der Waals surface area contributed by atoms with E-state index in [1.807, 2.05) is 0 Å². The molecule has 0 aromatic heterocycles. The maximum Gasteiger partial charge on any atom is 0.416 e. The predicted octanol–water partition coefficient (Wildman–Crippen LogP) is 2.25. The number of piperidine rings is 1. The first-order valence-corrected chi connectivity index (χ1v) is 8.28. The zero-order chi connectivity index (χ0) is 19.1. The number of hydrogen-bond acceptors (Lipinski definition) is 3. The van der Waals surface area contributed by atoms with Gasteiger partial charge in [0.25, 0.3) is 11.8 Å². The van der Waals surface area contributed by atoms with Crippen LogP contribution in [0.1, 0.15) is 35.7 Å². The van der Waals surface area contributed by atoms with E-state index in [-0.39, 0.29) is 43.9 Å². The number of nitrogens with zero attached hydrogens (tertiary/aromatic N) is 2. The van der Waals surface area contributed by atoms with Crippen LogP contribution in [0.25, 0.3) is 0 Å². The number of halogens is 3. The quantitative estimate of drug-likeness (QED) is 0.813. The normalized spacial score (nSPS) is 19.8. The average Bonchev–Trinajstić information content (AvgIpc) is 2.84. The zero-order valence-electron chi connectivity index (χ0n) is 14.1. The van der Waals surface area contributed by atoms with Gasteiger partial charge in [-0.2, -0.15) is 13.2 Å². The van der Waals surface area contributed by atoms with Crippen molar-refractivity contribution in [2.24, 2.45) is 0 Å². The van der Waals surface area contributed by atoms with Gasteiger partial charge in [0.1, 0.15) is 5.54 Å². The van der Waals surface area contributed by atoms with Crippen LogP contribution in [0.2, 0.25) is 0 Å². The Hall–Kier alpha value is -2.58. The van der Waals surface area contributed by atoms with Gasteiger partial charge >= 0.3 is 12.2 Å². The summed E-state index contributed by atoms with van der Waals surface area (Å²) >= 11 is 0. The zero-order valence-corrected chi connectivity index (χ0v) is 14.1. The van der Waals surface area contributed by atoms with Crippen LogP contribution >= 0.6 is 0 Å². The summed E-state index contributed by atoms with van der Waals surface area (Å²) in [7, 11) is 0. The van der Waals surface area contributed by atoms with E-state index in [0.29, 0.717) is 0 Å². The lowest BCUT2D eigenvalue weighted by Crippen LogP contribution is -2.55. The van der Waals surface area contributed by atoms with Gasteiger partial charge in [-0.05, 0) is 38.0 Å². The molecule has 4 amide bonds. The molecule has 2 saturated heterocycles. The number of amides is 4. The van der Waals surface area contributed by atoms with E-state index in [4.69, 9.17) is 0 Å². The standard InChI is InChI=1S/C17H18F3N3O3/c1-2-23-14(25)16(21-15(23)26)6-8-22(9-7-16)13(24)11-4-3-5-12(10-11)17(18,19)20/h3-5,10H,2,6-9H2,1H3,(H,21,26). The van der Waals surface area contributed by atoms with Gasteiger partial charge in [0.05, 0.1) is 5.56 Å². The summed E-state index contributed by atoms with van der Waals surface area (Å²) in [6.45, 7) is 2.32. The van der Waals surface area contributed by atoms with Crippen molar-refractivity contribution in [3.05, 3.63) is 35.4 Å². The molecular formula is C17H18F3N3O3. The number of carbonyl (C=O) groups is 3. The Morgan fingerprint density at radius 2 is 1.88 bits per heavy atom. The predicted molar refractivity (Wildman–Crippen MR) is 85.2 cm³/mol. The molecule has 3 rings (SSSR count). The van der Waals surface area contributed by atoms with Crippen LogP contribution in [0.4, 0.5) is 18.0 Å². The topological polar surface area (TPSA) is 69.7 Å². The lowest BCUT2D eigenvalue weighted by Gasteiger charge is -2.37. The molecule has 0 bridgehead atoms. The highest BCUT2D eigenvalue weighted by Gasteiger charge is 2.52. The first-order valence-electron chi connectivity index (χ1n) is 8.28. The molecular weight excluding hydrogens is 351 g/mol. The van der Waals surface area contributed by atoms with E-state index in [1.165, 1.54) is 17.0 Å². The molecule has 0 unspecified atom stereocenters. The summed E-state index contributed by atoms with van der Waals surface area (Å²) in [5.74, 6) is -0.828. The number of imide groups is 1. The third-order valence-corrected chi connectivity index (χ3v) is 4.90. The maximum absolute atomic E-state index is 12.8. The van der Waals surface area contributed by atoms with Crippen LogP contribution < -0.4 is 5.32 Å². The molecule has 26 heavy (non-hydrogen) atoms. The molecule has 9 heteroatoms. The fourth-order valence-corrected chi connectivity index (χ4v) is 3.40. The van der Waals surface area contributed by atoms with Gasteiger partial charge in [0.15, 0.2) is 0 Å². The molecule has 2 aliphatic heterocycles. The second kappa shape index (κ2) is 6.30. The molecule has 1 aromatic rings. The Labute approximate surface area is 147 Å². The first kappa shape index (κ1) is 18.2. The first-order chi connectivity index (χ1) is 12.2. The van der Waals surface area contributed by atoms with Crippen molar-refractivity contribution < 1.29 is 27.6 Å². The summed E-state index contributed by atoms with van der Waals surface area (Å²) in [6, 6.07) is 3.82. The Morgan fingerprint density at radius 3 is 2.42 bits per heavy atom. The fraction of sp³-hybridized carbons (Fsp3) is 0.471. The Kier molecular flexibility index (Phi) is 4.41. The molecule has 2 heterocycles. The minimum absolute atomic E-state index is 0.0484.